The number of aliphatic hydroxyl groups is 1. The first-order chi connectivity index (χ1) is 8.60. The first-order valence-corrected chi connectivity index (χ1v) is 6.54. The zero-order valence-electron chi connectivity index (χ0n) is 10.8. The van der Waals surface area contributed by atoms with Crippen molar-refractivity contribution in [2.75, 3.05) is 18.5 Å². The third-order valence-corrected chi connectivity index (χ3v) is 3.26. The van der Waals surface area contributed by atoms with E-state index in [4.69, 9.17) is 16.7 Å². The second-order valence-electron chi connectivity index (χ2n) is 4.35. The summed E-state index contributed by atoms with van der Waals surface area (Å²) in [5.74, 6) is 0.375. The summed E-state index contributed by atoms with van der Waals surface area (Å²) >= 11 is 5.95. The van der Waals surface area contributed by atoms with Gasteiger partial charge in [0.25, 0.3) is 5.56 Å². The van der Waals surface area contributed by atoms with Gasteiger partial charge in [-0.05, 0) is 18.8 Å². The Morgan fingerprint density at radius 3 is 2.89 bits per heavy atom. The molecule has 1 heterocycles. The highest BCUT2D eigenvalue weighted by Gasteiger charge is 2.10. The molecule has 1 unspecified atom stereocenters. The Morgan fingerprint density at radius 1 is 1.56 bits per heavy atom. The molecule has 1 aromatic rings. The van der Waals surface area contributed by atoms with Crippen LogP contribution >= 0.6 is 11.6 Å². The van der Waals surface area contributed by atoms with Crippen LogP contribution in [0.2, 0.25) is 5.02 Å². The molecule has 0 aliphatic heterocycles. The smallest absolute Gasteiger partial charge is 0.287 e. The summed E-state index contributed by atoms with van der Waals surface area (Å²) in [4.78, 5) is 11.6. The summed E-state index contributed by atoms with van der Waals surface area (Å²) in [7, 11) is 1.56. The van der Waals surface area contributed by atoms with Crippen LogP contribution in [0.3, 0.4) is 0 Å². The number of aryl methyl sites for hydroxylation is 1. The van der Waals surface area contributed by atoms with Crippen molar-refractivity contribution < 1.29 is 5.11 Å². The first kappa shape index (κ1) is 15.0. The monoisotopic (exact) mass is 273 g/mol. The van der Waals surface area contributed by atoms with E-state index in [-0.39, 0.29) is 17.2 Å². The SMILES string of the molecule is CCCC(CCO)CNc1cnn(C)c(=O)c1Cl. The Morgan fingerprint density at radius 2 is 2.28 bits per heavy atom. The van der Waals surface area contributed by atoms with E-state index in [0.29, 0.717) is 18.2 Å². The van der Waals surface area contributed by atoms with Crippen molar-refractivity contribution in [2.45, 2.75) is 26.2 Å². The van der Waals surface area contributed by atoms with Gasteiger partial charge in [-0.15, -0.1) is 0 Å². The highest BCUT2D eigenvalue weighted by atomic mass is 35.5. The lowest BCUT2D eigenvalue weighted by molar-refractivity contribution is 0.255. The van der Waals surface area contributed by atoms with Crippen LogP contribution in [0.25, 0.3) is 0 Å². The molecule has 0 aromatic carbocycles. The molecule has 1 aromatic heterocycles. The highest BCUT2D eigenvalue weighted by molar-refractivity contribution is 6.32. The average Bonchev–Trinajstić information content (AvgIpc) is 2.35. The molecular weight excluding hydrogens is 254 g/mol. The van der Waals surface area contributed by atoms with Crippen LogP contribution < -0.4 is 10.9 Å². The summed E-state index contributed by atoms with van der Waals surface area (Å²) in [5.41, 5.74) is 0.245. The molecule has 102 valence electrons. The van der Waals surface area contributed by atoms with E-state index in [1.54, 1.807) is 13.2 Å². The molecule has 1 atom stereocenters. The minimum Gasteiger partial charge on any atom is -0.396 e. The molecule has 0 saturated carbocycles. The van der Waals surface area contributed by atoms with Gasteiger partial charge in [0.15, 0.2) is 0 Å². The molecule has 6 heteroatoms. The van der Waals surface area contributed by atoms with Crippen molar-refractivity contribution in [1.29, 1.82) is 0 Å². The van der Waals surface area contributed by atoms with Gasteiger partial charge in [0.05, 0.1) is 11.9 Å². The van der Waals surface area contributed by atoms with Gasteiger partial charge in [-0.3, -0.25) is 4.79 Å². The molecule has 0 fully saturated rings. The lowest BCUT2D eigenvalue weighted by Gasteiger charge is -2.16. The van der Waals surface area contributed by atoms with E-state index >= 15 is 0 Å². The maximum Gasteiger partial charge on any atom is 0.287 e. The third kappa shape index (κ3) is 3.99. The van der Waals surface area contributed by atoms with Crippen LogP contribution in [-0.2, 0) is 7.05 Å². The first-order valence-electron chi connectivity index (χ1n) is 6.16. The predicted molar refractivity (Wildman–Crippen MR) is 73.1 cm³/mol. The van der Waals surface area contributed by atoms with Crippen LogP contribution in [0.4, 0.5) is 5.69 Å². The van der Waals surface area contributed by atoms with Gasteiger partial charge in [-0.1, -0.05) is 24.9 Å². The Hall–Kier alpha value is -1.07. The topological polar surface area (TPSA) is 67.2 Å². The van der Waals surface area contributed by atoms with Crippen molar-refractivity contribution in [3.8, 4) is 0 Å². The quantitative estimate of drug-likeness (QED) is 0.793. The van der Waals surface area contributed by atoms with Crippen molar-refractivity contribution >= 4 is 17.3 Å². The second kappa shape index (κ2) is 7.38. The number of anilines is 1. The van der Waals surface area contributed by atoms with Crippen LogP contribution in [0.1, 0.15) is 26.2 Å². The summed E-state index contributed by atoms with van der Waals surface area (Å²) < 4.78 is 1.20. The Bertz CT molecular complexity index is 428. The number of aliphatic hydroxyl groups excluding tert-OH is 1. The molecule has 0 radical (unpaired) electrons. The normalized spacial score (nSPS) is 12.4. The molecule has 2 N–H and O–H groups in total. The zero-order valence-corrected chi connectivity index (χ0v) is 11.6. The van der Waals surface area contributed by atoms with Crippen LogP contribution in [-0.4, -0.2) is 28.0 Å². The maximum atomic E-state index is 11.6. The van der Waals surface area contributed by atoms with Gasteiger partial charge in [0, 0.05) is 20.2 Å². The highest BCUT2D eigenvalue weighted by Crippen LogP contribution is 2.17. The Kier molecular flexibility index (Phi) is 6.15. The minimum absolute atomic E-state index is 0.159. The van der Waals surface area contributed by atoms with Crippen molar-refractivity contribution in [2.24, 2.45) is 13.0 Å². The van der Waals surface area contributed by atoms with Crippen LogP contribution in [0, 0.1) is 5.92 Å². The maximum absolute atomic E-state index is 11.6. The summed E-state index contributed by atoms with van der Waals surface area (Å²) in [6.07, 6.45) is 4.39. The van der Waals surface area contributed by atoms with E-state index in [0.717, 1.165) is 19.3 Å². The standard InChI is InChI=1S/C12H20ClN3O2/c1-3-4-9(5-6-17)7-14-10-8-15-16(2)12(18)11(10)13/h8-9,14,17H,3-7H2,1-2H3. The fourth-order valence-electron chi connectivity index (χ4n) is 1.83. The number of hydrogen-bond donors (Lipinski definition) is 2. The number of hydrogen-bond acceptors (Lipinski definition) is 4. The van der Waals surface area contributed by atoms with E-state index in [1.807, 2.05) is 0 Å². The second-order valence-corrected chi connectivity index (χ2v) is 4.73. The molecular formula is C12H20ClN3O2. The number of nitrogens with zero attached hydrogens (tertiary/aromatic N) is 2. The van der Waals surface area contributed by atoms with Gasteiger partial charge < -0.3 is 10.4 Å². The zero-order chi connectivity index (χ0) is 13.5. The summed E-state index contributed by atoms with van der Waals surface area (Å²) in [6.45, 7) is 2.97. The third-order valence-electron chi connectivity index (χ3n) is 2.89. The number of rotatable bonds is 7. The summed E-state index contributed by atoms with van der Waals surface area (Å²) in [5, 5.41) is 16.2. The Labute approximate surface area is 112 Å². The molecule has 1 rings (SSSR count). The fraction of sp³-hybridized carbons (Fsp3) is 0.667. The number of nitrogens with one attached hydrogen (secondary N) is 1. The molecule has 0 bridgehead atoms. The molecule has 0 amide bonds. The molecule has 18 heavy (non-hydrogen) atoms. The Balaban J connectivity index is 2.67. The fourth-order valence-corrected chi connectivity index (χ4v) is 2.07. The predicted octanol–water partition coefficient (Wildman–Crippen LogP) is 1.64. The molecule has 0 aliphatic rings. The van der Waals surface area contributed by atoms with E-state index in [1.165, 1.54) is 4.68 Å². The van der Waals surface area contributed by atoms with Gasteiger partial charge in [-0.25, -0.2) is 4.68 Å². The minimum atomic E-state index is -0.309. The van der Waals surface area contributed by atoms with E-state index in [9.17, 15) is 4.79 Å². The van der Waals surface area contributed by atoms with E-state index in [2.05, 4.69) is 17.3 Å². The summed E-state index contributed by atoms with van der Waals surface area (Å²) in [6, 6.07) is 0. The van der Waals surface area contributed by atoms with Crippen LogP contribution in [0.15, 0.2) is 11.0 Å². The number of halogens is 1. The number of aromatic nitrogens is 2. The lowest BCUT2D eigenvalue weighted by Crippen LogP contribution is -2.23. The average molecular weight is 274 g/mol. The molecule has 0 aliphatic carbocycles. The molecule has 0 spiro atoms. The van der Waals surface area contributed by atoms with Crippen LogP contribution in [0.5, 0.6) is 0 Å². The lowest BCUT2D eigenvalue weighted by atomic mass is 10.0. The van der Waals surface area contributed by atoms with Crippen molar-refractivity contribution in [3.05, 3.63) is 21.6 Å². The van der Waals surface area contributed by atoms with Gasteiger partial charge >= 0.3 is 0 Å². The van der Waals surface area contributed by atoms with Gasteiger partial charge in [-0.2, -0.15) is 5.10 Å². The largest absolute Gasteiger partial charge is 0.396 e. The molecule has 0 saturated heterocycles. The van der Waals surface area contributed by atoms with Gasteiger partial charge in [0.2, 0.25) is 0 Å². The van der Waals surface area contributed by atoms with Crippen molar-refractivity contribution in [3.63, 3.8) is 0 Å². The van der Waals surface area contributed by atoms with Crippen molar-refractivity contribution in [1.82, 2.24) is 9.78 Å². The van der Waals surface area contributed by atoms with Gasteiger partial charge in [0.1, 0.15) is 5.02 Å². The van der Waals surface area contributed by atoms with E-state index < -0.39 is 0 Å². The molecule has 5 nitrogen and oxygen atoms in total.